The molecule has 6 heteroatoms. The van der Waals surface area contributed by atoms with Crippen LogP contribution in [0.1, 0.15) is 29.5 Å². The number of benzene rings is 2. The van der Waals surface area contributed by atoms with E-state index in [0.717, 1.165) is 72.6 Å². The molecule has 154 valence electrons. The van der Waals surface area contributed by atoms with E-state index in [9.17, 15) is 9.59 Å². The molecule has 2 amide bonds. The van der Waals surface area contributed by atoms with Crippen LogP contribution in [0.5, 0.6) is 11.5 Å². The van der Waals surface area contributed by atoms with Gasteiger partial charge in [0.25, 0.3) is 0 Å². The van der Waals surface area contributed by atoms with Crippen LogP contribution in [-0.4, -0.2) is 50.1 Å². The van der Waals surface area contributed by atoms with E-state index in [1.165, 1.54) is 0 Å². The van der Waals surface area contributed by atoms with Crippen molar-refractivity contribution in [1.82, 2.24) is 4.90 Å². The molecule has 2 aromatic carbocycles. The van der Waals surface area contributed by atoms with E-state index in [0.29, 0.717) is 25.7 Å². The second-order valence-corrected chi connectivity index (χ2v) is 8.77. The van der Waals surface area contributed by atoms with Crippen molar-refractivity contribution in [1.29, 1.82) is 0 Å². The highest BCUT2D eigenvalue weighted by molar-refractivity contribution is 6.11. The van der Waals surface area contributed by atoms with Gasteiger partial charge in [0.1, 0.15) is 23.5 Å². The van der Waals surface area contributed by atoms with Crippen molar-refractivity contribution < 1.29 is 19.1 Å². The smallest absolute Gasteiger partial charge is 0.245 e. The average molecular weight is 404 g/mol. The molecular weight excluding hydrogens is 380 g/mol. The summed E-state index contributed by atoms with van der Waals surface area (Å²) in [5, 5.41) is 0. The topological polar surface area (TPSA) is 59.1 Å². The molecule has 4 aliphatic heterocycles. The summed E-state index contributed by atoms with van der Waals surface area (Å²) in [6.07, 6.45) is 3.65. The molecule has 0 aliphatic carbocycles. The van der Waals surface area contributed by atoms with Crippen LogP contribution in [-0.2, 0) is 21.4 Å². The van der Waals surface area contributed by atoms with Crippen LogP contribution in [0.3, 0.4) is 0 Å². The molecule has 6 rings (SSSR count). The first-order valence-electron chi connectivity index (χ1n) is 10.7. The second kappa shape index (κ2) is 6.49. The van der Waals surface area contributed by atoms with Crippen LogP contribution in [0, 0.1) is 5.92 Å². The Morgan fingerprint density at radius 1 is 1.07 bits per heavy atom. The van der Waals surface area contributed by atoms with E-state index < -0.39 is 5.41 Å². The van der Waals surface area contributed by atoms with Crippen molar-refractivity contribution in [3.05, 3.63) is 53.1 Å². The molecule has 1 unspecified atom stereocenters. The number of anilines is 1. The van der Waals surface area contributed by atoms with Crippen LogP contribution in [0.25, 0.3) is 0 Å². The van der Waals surface area contributed by atoms with Gasteiger partial charge in [-0.15, -0.1) is 0 Å². The van der Waals surface area contributed by atoms with Gasteiger partial charge in [0.2, 0.25) is 12.3 Å². The largest absolute Gasteiger partial charge is 0.493 e. The standard InChI is InChI=1S/C24H24N2O4/c27-15-25-8-5-16(6-9-25)13-26-20-4-2-1-3-18(20)24(23(26)28)14-30-22-12-21-17(7-10-29-21)11-19(22)24/h1-4,11-12,15-16H,5-10,13-14H2. The third kappa shape index (κ3) is 2.36. The van der Waals surface area contributed by atoms with Gasteiger partial charge in [0.05, 0.1) is 6.61 Å². The van der Waals surface area contributed by atoms with Crippen molar-refractivity contribution >= 4 is 18.0 Å². The number of hydrogen-bond acceptors (Lipinski definition) is 4. The Balaban J connectivity index is 1.39. The number of likely N-dealkylation sites (tertiary alicyclic amines) is 1. The molecule has 1 saturated heterocycles. The summed E-state index contributed by atoms with van der Waals surface area (Å²) in [5.74, 6) is 2.14. The van der Waals surface area contributed by atoms with Crippen LogP contribution in [0.4, 0.5) is 5.69 Å². The molecule has 0 bridgehead atoms. The Kier molecular flexibility index (Phi) is 3.85. The Hall–Kier alpha value is -3.02. The molecule has 1 fully saturated rings. The van der Waals surface area contributed by atoms with Gasteiger partial charge in [-0.25, -0.2) is 0 Å². The van der Waals surface area contributed by atoms with Crippen molar-refractivity contribution in [3.8, 4) is 11.5 Å². The van der Waals surface area contributed by atoms with Gasteiger partial charge in [-0.2, -0.15) is 0 Å². The molecular formula is C24H24N2O4. The molecule has 0 radical (unpaired) electrons. The quantitative estimate of drug-likeness (QED) is 0.738. The van der Waals surface area contributed by atoms with Gasteiger partial charge in [-0.1, -0.05) is 18.2 Å². The fraction of sp³-hybridized carbons (Fsp3) is 0.417. The van der Waals surface area contributed by atoms with Crippen LogP contribution >= 0.6 is 0 Å². The summed E-state index contributed by atoms with van der Waals surface area (Å²) in [6, 6.07) is 12.2. The fourth-order valence-electron chi connectivity index (χ4n) is 5.53. The minimum atomic E-state index is -0.771. The summed E-state index contributed by atoms with van der Waals surface area (Å²) in [4.78, 5) is 28.8. The highest BCUT2D eigenvalue weighted by Gasteiger charge is 2.57. The maximum Gasteiger partial charge on any atom is 0.245 e. The first-order valence-corrected chi connectivity index (χ1v) is 10.7. The van der Waals surface area contributed by atoms with Crippen molar-refractivity contribution in [2.45, 2.75) is 24.7 Å². The summed E-state index contributed by atoms with van der Waals surface area (Å²) >= 11 is 0. The number of para-hydroxylation sites is 1. The highest BCUT2D eigenvalue weighted by Crippen LogP contribution is 2.54. The SMILES string of the molecule is O=CN1CCC(CN2C(=O)C3(COc4cc5c(cc43)CCO5)c3ccccc32)CC1. The lowest BCUT2D eigenvalue weighted by atomic mass is 9.76. The van der Waals surface area contributed by atoms with Gasteiger partial charge in [-0.3, -0.25) is 9.59 Å². The molecule has 0 N–H and O–H groups in total. The van der Waals surface area contributed by atoms with Gasteiger partial charge in [0, 0.05) is 43.4 Å². The molecule has 30 heavy (non-hydrogen) atoms. The van der Waals surface area contributed by atoms with Gasteiger partial charge in [0.15, 0.2) is 0 Å². The minimum Gasteiger partial charge on any atom is -0.493 e. The van der Waals surface area contributed by atoms with Gasteiger partial charge >= 0.3 is 0 Å². The molecule has 1 atom stereocenters. The Bertz CT molecular complexity index is 1040. The van der Waals surface area contributed by atoms with E-state index in [-0.39, 0.29) is 5.91 Å². The molecule has 2 aromatic rings. The Morgan fingerprint density at radius 3 is 2.73 bits per heavy atom. The normalized spacial score (nSPS) is 24.5. The number of carbonyl (C=O) groups excluding carboxylic acids is 2. The van der Waals surface area contributed by atoms with Crippen LogP contribution in [0.2, 0.25) is 0 Å². The summed E-state index contributed by atoms with van der Waals surface area (Å²) in [7, 11) is 0. The lowest BCUT2D eigenvalue weighted by Crippen LogP contribution is -2.45. The number of rotatable bonds is 3. The van der Waals surface area contributed by atoms with E-state index in [4.69, 9.17) is 9.47 Å². The number of fused-ring (bicyclic) bond motifs is 5. The van der Waals surface area contributed by atoms with E-state index in [2.05, 4.69) is 18.2 Å². The summed E-state index contributed by atoms with van der Waals surface area (Å²) in [5.41, 5.74) is 3.39. The second-order valence-electron chi connectivity index (χ2n) is 8.77. The average Bonchev–Trinajstić information content (AvgIpc) is 3.46. The Labute approximate surface area is 175 Å². The lowest BCUT2D eigenvalue weighted by Gasteiger charge is -2.32. The van der Waals surface area contributed by atoms with Crippen LogP contribution in [0.15, 0.2) is 36.4 Å². The van der Waals surface area contributed by atoms with Gasteiger partial charge < -0.3 is 19.3 Å². The number of ether oxygens (including phenoxy) is 2. The molecule has 0 saturated carbocycles. The summed E-state index contributed by atoms with van der Waals surface area (Å²) < 4.78 is 11.8. The third-order valence-corrected chi connectivity index (χ3v) is 7.20. The number of amides is 2. The zero-order chi connectivity index (χ0) is 20.3. The van der Waals surface area contributed by atoms with Crippen LogP contribution < -0.4 is 14.4 Å². The predicted octanol–water partition coefficient (Wildman–Crippen LogP) is 2.52. The monoisotopic (exact) mass is 404 g/mol. The highest BCUT2D eigenvalue weighted by atomic mass is 16.5. The maximum absolute atomic E-state index is 14.0. The zero-order valence-corrected chi connectivity index (χ0v) is 16.8. The van der Waals surface area contributed by atoms with E-state index in [1.54, 1.807) is 0 Å². The number of nitrogens with zero attached hydrogens (tertiary/aromatic N) is 2. The third-order valence-electron chi connectivity index (χ3n) is 7.20. The number of hydrogen-bond donors (Lipinski definition) is 0. The van der Waals surface area contributed by atoms with Gasteiger partial charge in [-0.05, 0) is 42.0 Å². The fourth-order valence-corrected chi connectivity index (χ4v) is 5.53. The van der Waals surface area contributed by atoms with Crippen molar-refractivity contribution in [2.75, 3.05) is 37.7 Å². The van der Waals surface area contributed by atoms with E-state index >= 15 is 0 Å². The molecule has 6 nitrogen and oxygen atoms in total. The first-order chi connectivity index (χ1) is 14.7. The lowest BCUT2D eigenvalue weighted by molar-refractivity contribution is -0.123. The Morgan fingerprint density at radius 2 is 1.90 bits per heavy atom. The predicted molar refractivity (Wildman–Crippen MR) is 111 cm³/mol. The number of piperidine rings is 1. The molecule has 0 aromatic heterocycles. The van der Waals surface area contributed by atoms with E-state index in [1.807, 2.05) is 28.0 Å². The van der Waals surface area contributed by atoms with Crippen molar-refractivity contribution in [2.24, 2.45) is 5.92 Å². The maximum atomic E-state index is 14.0. The summed E-state index contributed by atoms with van der Waals surface area (Å²) in [6.45, 7) is 3.23. The molecule has 4 heterocycles. The molecule has 4 aliphatic rings. The first kappa shape index (κ1) is 17.8. The van der Waals surface area contributed by atoms with Crippen molar-refractivity contribution in [3.63, 3.8) is 0 Å². The number of carbonyl (C=O) groups is 2. The zero-order valence-electron chi connectivity index (χ0n) is 16.8. The molecule has 1 spiro atoms. The minimum absolute atomic E-state index is 0.110.